The molecule has 2 aliphatic rings. The van der Waals surface area contributed by atoms with E-state index in [1.165, 1.54) is 25.7 Å². The molecule has 72 valence electrons. The molecule has 0 radical (unpaired) electrons. The van der Waals surface area contributed by atoms with Crippen molar-refractivity contribution in [2.24, 2.45) is 11.7 Å². The van der Waals surface area contributed by atoms with Gasteiger partial charge in [-0.05, 0) is 18.8 Å². The molecule has 0 amide bonds. The summed E-state index contributed by atoms with van der Waals surface area (Å²) in [6.07, 6.45) is 5.10. The van der Waals surface area contributed by atoms with Gasteiger partial charge in [-0.1, -0.05) is 12.8 Å². The van der Waals surface area contributed by atoms with E-state index in [9.17, 15) is 0 Å². The van der Waals surface area contributed by atoms with Crippen LogP contribution < -0.4 is 5.73 Å². The Morgan fingerprint density at radius 3 is 2.38 bits per heavy atom. The maximum atomic E-state index is 9.08. The van der Waals surface area contributed by atoms with E-state index in [1.807, 2.05) is 0 Å². The van der Waals surface area contributed by atoms with Crippen molar-refractivity contribution in [3.8, 4) is 6.07 Å². The fraction of sp³-hybridized carbons (Fsp3) is 0.900. The molecule has 1 atom stereocenters. The fourth-order valence-corrected chi connectivity index (χ4v) is 2.53. The van der Waals surface area contributed by atoms with Crippen LogP contribution in [-0.4, -0.2) is 30.1 Å². The first-order valence-corrected chi connectivity index (χ1v) is 5.20. The van der Waals surface area contributed by atoms with E-state index in [-0.39, 0.29) is 6.04 Å². The summed E-state index contributed by atoms with van der Waals surface area (Å²) in [5.74, 6) is 0.623. The second-order valence-electron chi connectivity index (χ2n) is 4.33. The molecule has 1 aliphatic carbocycles. The van der Waals surface area contributed by atoms with Gasteiger partial charge in [-0.25, -0.2) is 0 Å². The van der Waals surface area contributed by atoms with Crippen molar-refractivity contribution in [3.05, 3.63) is 0 Å². The van der Waals surface area contributed by atoms with E-state index in [0.717, 1.165) is 13.1 Å². The van der Waals surface area contributed by atoms with Crippen LogP contribution in [0.2, 0.25) is 0 Å². The van der Waals surface area contributed by atoms with Crippen LogP contribution in [0.25, 0.3) is 0 Å². The fourth-order valence-electron chi connectivity index (χ4n) is 2.53. The van der Waals surface area contributed by atoms with Gasteiger partial charge in [-0.2, -0.15) is 5.26 Å². The van der Waals surface area contributed by atoms with Crippen LogP contribution in [0.4, 0.5) is 0 Å². The molecule has 2 N–H and O–H groups in total. The first kappa shape index (κ1) is 8.98. The van der Waals surface area contributed by atoms with Gasteiger partial charge in [0.15, 0.2) is 0 Å². The third-order valence-corrected chi connectivity index (χ3v) is 3.31. The van der Waals surface area contributed by atoms with Crippen LogP contribution in [0.1, 0.15) is 25.7 Å². The lowest BCUT2D eigenvalue weighted by Gasteiger charge is -2.41. The van der Waals surface area contributed by atoms with Gasteiger partial charge in [0.25, 0.3) is 0 Å². The van der Waals surface area contributed by atoms with Gasteiger partial charge in [0.05, 0.1) is 6.07 Å². The van der Waals surface area contributed by atoms with E-state index < -0.39 is 0 Å². The van der Waals surface area contributed by atoms with E-state index in [4.69, 9.17) is 11.0 Å². The van der Waals surface area contributed by atoms with Crippen LogP contribution >= 0.6 is 0 Å². The maximum absolute atomic E-state index is 9.08. The monoisotopic (exact) mass is 179 g/mol. The standard InChI is InChI=1S/C10H17N3/c11-5-10(8-3-1-2-4-8)13-6-9(12)7-13/h8-10H,1-4,6-7,12H2/t10-/m1/s1. The maximum Gasteiger partial charge on any atom is 0.101 e. The molecule has 0 bridgehead atoms. The first-order valence-electron chi connectivity index (χ1n) is 5.20. The largest absolute Gasteiger partial charge is 0.325 e. The Hall–Kier alpha value is -0.590. The summed E-state index contributed by atoms with van der Waals surface area (Å²) in [5, 5.41) is 9.08. The lowest BCUT2D eigenvalue weighted by molar-refractivity contribution is 0.0901. The van der Waals surface area contributed by atoms with Gasteiger partial charge in [-0.3, -0.25) is 4.90 Å². The Balaban J connectivity index is 1.90. The highest BCUT2D eigenvalue weighted by Gasteiger charge is 2.35. The highest BCUT2D eigenvalue weighted by Crippen LogP contribution is 2.31. The minimum Gasteiger partial charge on any atom is -0.325 e. The number of likely N-dealkylation sites (tertiary alicyclic amines) is 1. The van der Waals surface area contributed by atoms with Crippen molar-refractivity contribution in [1.82, 2.24) is 4.90 Å². The predicted octanol–water partition coefficient (Wildman–Crippen LogP) is 0.712. The van der Waals surface area contributed by atoms with E-state index in [1.54, 1.807) is 0 Å². The zero-order valence-corrected chi connectivity index (χ0v) is 7.95. The molecule has 3 heteroatoms. The first-order chi connectivity index (χ1) is 6.31. The second kappa shape index (κ2) is 3.65. The van der Waals surface area contributed by atoms with Crippen LogP contribution in [0.3, 0.4) is 0 Å². The lowest BCUT2D eigenvalue weighted by atomic mass is 9.94. The molecular weight excluding hydrogens is 162 g/mol. The van der Waals surface area contributed by atoms with Crippen molar-refractivity contribution < 1.29 is 0 Å². The molecule has 0 aromatic rings. The quantitative estimate of drug-likeness (QED) is 0.679. The average Bonchev–Trinajstić information content (AvgIpc) is 2.55. The molecule has 0 aromatic carbocycles. The molecule has 0 spiro atoms. The molecule has 13 heavy (non-hydrogen) atoms. The molecule has 1 aliphatic heterocycles. The summed E-state index contributed by atoms with van der Waals surface area (Å²) in [5.41, 5.74) is 5.71. The van der Waals surface area contributed by atoms with Gasteiger partial charge in [-0.15, -0.1) is 0 Å². The van der Waals surface area contributed by atoms with Crippen LogP contribution in [-0.2, 0) is 0 Å². The predicted molar refractivity (Wildman–Crippen MR) is 50.9 cm³/mol. The van der Waals surface area contributed by atoms with E-state index >= 15 is 0 Å². The average molecular weight is 179 g/mol. The zero-order chi connectivity index (χ0) is 9.26. The number of nitriles is 1. The summed E-state index contributed by atoms with van der Waals surface area (Å²) >= 11 is 0. The molecule has 1 heterocycles. The van der Waals surface area contributed by atoms with Crippen molar-refractivity contribution in [2.45, 2.75) is 37.8 Å². The van der Waals surface area contributed by atoms with Crippen molar-refractivity contribution >= 4 is 0 Å². The summed E-state index contributed by atoms with van der Waals surface area (Å²) < 4.78 is 0. The summed E-state index contributed by atoms with van der Waals surface area (Å²) in [6.45, 7) is 1.85. The Bertz CT molecular complexity index is 209. The van der Waals surface area contributed by atoms with Crippen LogP contribution in [0.5, 0.6) is 0 Å². The highest BCUT2D eigenvalue weighted by atomic mass is 15.2. The van der Waals surface area contributed by atoms with Crippen molar-refractivity contribution in [2.75, 3.05) is 13.1 Å². The third kappa shape index (κ3) is 1.70. The normalized spacial score (nSPS) is 28.3. The number of hydrogen-bond donors (Lipinski definition) is 1. The summed E-state index contributed by atoms with van der Waals surface area (Å²) in [7, 11) is 0. The summed E-state index contributed by atoms with van der Waals surface area (Å²) in [6, 6.07) is 2.91. The molecule has 1 saturated carbocycles. The van der Waals surface area contributed by atoms with Crippen LogP contribution in [0, 0.1) is 17.2 Å². The Morgan fingerprint density at radius 2 is 1.92 bits per heavy atom. The van der Waals surface area contributed by atoms with Gasteiger partial charge in [0.1, 0.15) is 6.04 Å². The molecule has 1 saturated heterocycles. The van der Waals surface area contributed by atoms with Gasteiger partial charge >= 0.3 is 0 Å². The highest BCUT2D eigenvalue weighted by molar-refractivity contribution is 5.02. The minimum atomic E-state index is 0.155. The van der Waals surface area contributed by atoms with Gasteiger partial charge in [0.2, 0.25) is 0 Å². The number of nitrogens with two attached hydrogens (primary N) is 1. The van der Waals surface area contributed by atoms with E-state index in [2.05, 4.69) is 11.0 Å². The number of nitrogens with zero attached hydrogens (tertiary/aromatic N) is 2. The topological polar surface area (TPSA) is 53.0 Å². The molecule has 3 nitrogen and oxygen atoms in total. The van der Waals surface area contributed by atoms with Crippen molar-refractivity contribution in [3.63, 3.8) is 0 Å². The van der Waals surface area contributed by atoms with E-state index in [0.29, 0.717) is 12.0 Å². The SMILES string of the molecule is N#C[C@H](C1CCCC1)N1CC(N)C1. The van der Waals surface area contributed by atoms with Gasteiger partial charge in [0, 0.05) is 19.1 Å². The van der Waals surface area contributed by atoms with Gasteiger partial charge < -0.3 is 5.73 Å². The number of rotatable bonds is 2. The summed E-state index contributed by atoms with van der Waals surface area (Å²) in [4.78, 5) is 2.24. The lowest BCUT2D eigenvalue weighted by Crippen LogP contribution is -2.60. The smallest absolute Gasteiger partial charge is 0.101 e. The molecule has 2 fully saturated rings. The molecular formula is C10H17N3. The van der Waals surface area contributed by atoms with Crippen LogP contribution in [0.15, 0.2) is 0 Å². The molecule has 2 rings (SSSR count). The molecule has 0 aromatic heterocycles. The third-order valence-electron chi connectivity index (χ3n) is 3.31. The van der Waals surface area contributed by atoms with Crippen molar-refractivity contribution in [1.29, 1.82) is 5.26 Å². The zero-order valence-electron chi connectivity index (χ0n) is 7.95. The second-order valence-corrected chi connectivity index (χ2v) is 4.33. The molecule has 0 unspecified atom stereocenters. The Kier molecular flexibility index (Phi) is 2.52. The minimum absolute atomic E-state index is 0.155. The Labute approximate surface area is 79.5 Å². The Morgan fingerprint density at radius 1 is 1.31 bits per heavy atom. The number of hydrogen-bond acceptors (Lipinski definition) is 3.